The molecule has 0 saturated heterocycles. The molecule has 0 aromatic rings. The lowest BCUT2D eigenvalue weighted by Crippen LogP contribution is -2.08. The zero-order chi connectivity index (χ0) is 5.82. The Labute approximate surface area is 48.1 Å². The van der Waals surface area contributed by atoms with E-state index in [0.29, 0.717) is 5.57 Å². The van der Waals surface area contributed by atoms with Crippen LogP contribution in [0.15, 0.2) is 23.9 Å². The molecule has 0 bridgehead atoms. The minimum absolute atomic E-state index is 0.691. The first-order chi connectivity index (χ1) is 3.93. The van der Waals surface area contributed by atoms with E-state index in [4.69, 9.17) is 5.26 Å². The van der Waals surface area contributed by atoms with Gasteiger partial charge in [-0.05, 0) is 6.08 Å². The first-order valence-corrected chi connectivity index (χ1v) is 2.43. The highest BCUT2D eigenvalue weighted by Crippen LogP contribution is 1.95. The lowest BCUT2D eigenvalue weighted by Gasteiger charge is -1.99. The van der Waals surface area contributed by atoms with E-state index >= 15 is 0 Å². The highest BCUT2D eigenvalue weighted by Gasteiger charge is 1.90. The van der Waals surface area contributed by atoms with E-state index in [9.17, 15) is 0 Å². The Kier molecular flexibility index (Phi) is 1.34. The third kappa shape index (κ3) is 0.881. The normalized spacial score (nSPS) is 16.1. The van der Waals surface area contributed by atoms with E-state index in [0.717, 1.165) is 6.54 Å². The van der Waals surface area contributed by atoms with Crippen molar-refractivity contribution in [3.8, 4) is 6.07 Å². The molecule has 2 heteroatoms. The predicted octanol–water partition coefficient (Wildman–Crippen LogP) is 0.553. The Morgan fingerprint density at radius 2 is 2.62 bits per heavy atom. The Balaban J connectivity index is 2.68. The summed E-state index contributed by atoms with van der Waals surface area (Å²) in [5.74, 6) is 0. The highest BCUT2D eigenvalue weighted by atomic mass is 14.8. The van der Waals surface area contributed by atoms with Gasteiger partial charge < -0.3 is 5.32 Å². The van der Waals surface area contributed by atoms with Crippen LogP contribution in [0, 0.1) is 11.3 Å². The van der Waals surface area contributed by atoms with Crippen molar-refractivity contribution in [3.63, 3.8) is 0 Å². The van der Waals surface area contributed by atoms with Crippen LogP contribution in [0.4, 0.5) is 0 Å². The second-order valence-electron chi connectivity index (χ2n) is 1.52. The van der Waals surface area contributed by atoms with Crippen LogP contribution < -0.4 is 5.32 Å². The molecule has 0 spiro atoms. The smallest absolute Gasteiger partial charge is 0.101 e. The minimum atomic E-state index is 0.691. The lowest BCUT2D eigenvalue weighted by molar-refractivity contribution is 0.963. The van der Waals surface area contributed by atoms with Gasteiger partial charge in [0.1, 0.15) is 6.07 Å². The van der Waals surface area contributed by atoms with Gasteiger partial charge in [-0.25, -0.2) is 0 Å². The molecule has 0 fully saturated rings. The zero-order valence-corrected chi connectivity index (χ0v) is 4.39. The minimum Gasteiger partial charge on any atom is -0.386 e. The SMILES string of the molecule is N#CC1=CNCC=C1. The first kappa shape index (κ1) is 4.92. The number of nitrogens with one attached hydrogen (secondary N) is 1. The largest absolute Gasteiger partial charge is 0.386 e. The summed E-state index contributed by atoms with van der Waals surface area (Å²) in [6.45, 7) is 0.838. The second-order valence-corrected chi connectivity index (χ2v) is 1.52. The van der Waals surface area contributed by atoms with Gasteiger partial charge in [0, 0.05) is 12.7 Å². The van der Waals surface area contributed by atoms with Crippen LogP contribution in [0.2, 0.25) is 0 Å². The molecule has 8 heavy (non-hydrogen) atoms. The molecule has 1 heterocycles. The lowest BCUT2D eigenvalue weighted by atomic mass is 10.2. The second kappa shape index (κ2) is 2.17. The van der Waals surface area contributed by atoms with Crippen molar-refractivity contribution in [1.82, 2.24) is 5.32 Å². The van der Waals surface area contributed by atoms with Crippen molar-refractivity contribution in [1.29, 1.82) is 5.26 Å². The summed E-state index contributed by atoms with van der Waals surface area (Å²) in [4.78, 5) is 0. The van der Waals surface area contributed by atoms with E-state index < -0.39 is 0 Å². The van der Waals surface area contributed by atoms with Gasteiger partial charge >= 0.3 is 0 Å². The van der Waals surface area contributed by atoms with Gasteiger partial charge in [-0.15, -0.1) is 0 Å². The summed E-state index contributed by atoms with van der Waals surface area (Å²) in [6.07, 6.45) is 5.43. The van der Waals surface area contributed by atoms with E-state index in [1.54, 1.807) is 12.3 Å². The molecule has 1 rings (SSSR count). The molecule has 1 aliphatic rings. The van der Waals surface area contributed by atoms with Gasteiger partial charge in [0.15, 0.2) is 0 Å². The fourth-order valence-corrected chi connectivity index (χ4v) is 0.540. The Morgan fingerprint density at radius 1 is 1.75 bits per heavy atom. The Bertz CT molecular complexity index is 171. The number of allylic oxidation sites excluding steroid dienone is 2. The van der Waals surface area contributed by atoms with Crippen LogP contribution in [0.25, 0.3) is 0 Å². The Morgan fingerprint density at radius 3 is 3.00 bits per heavy atom. The molecule has 0 saturated carbocycles. The summed E-state index contributed by atoms with van der Waals surface area (Å²) in [7, 11) is 0. The van der Waals surface area contributed by atoms with Gasteiger partial charge in [-0.2, -0.15) is 5.26 Å². The average Bonchev–Trinajstić information content (AvgIpc) is 1.90. The average molecular weight is 106 g/mol. The van der Waals surface area contributed by atoms with Crippen LogP contribution in [-0.2, 0) is 0 Å². The summed E-state index contributed by atoms with van der Waals surface area (Å²) in [5.41, 5.74) is 0.691. The maximum atomic E-state index is 8.28. The molecule has 0 aliphatic carbocycles. The van der Waals surface area contributed by atoms with Gasteiger partial charge in [-0.1, -0.05) is 6.08 Å². The van der Waals surface area contributed by atoms with Crippen molar-refractivity contribution in [3.05, 3.63) is 23.9 Å². The number of dihydropyridines is 1. The predicted molar refractivity (Wildman–Crippen MR) is 30.8 cm³/mol. The molecule has 0 radical (unpaired) electrons. The highest BCUT2D eigenvalue weighted by molar-refractivity contribution is 5.34. The number of hydrogen-bond acceptors (Lipinski definition) is 2. The quantitative estimate of drug-likeness (QED) is 0.489. The topological polar surface area (TPSA) is 35.8 Å². The van der Waals surface area contributed by atoms with Crippen LogP contribution in [0.3, 0.4) is 0 Å². The van der Waals surface area contributed by atoms with Gasteiger partial charge in [0.2, 0.25) is 0 Å². The molecule has 40 valence electrons. The number of hydrogen-bond donors (Lipinski definition) is 1. The van der Waals surface area contributed by atoms with Crippen LogP contribution in [0.1, 0.15) is 0 Å². The standard InChI is InChI=1S/C6H6N2/c7-4-6-2-1-3-8-5-6/h1-2,5,8H,3H2. The van der Waals surface area contributed by atoms with E-state index in [2.05, 4.69) is 5.32 Å². The fourth-order valence-electron chi connectivity index (χ4n) is 0.540. The third-order valence-corrected chi connectivity index (χ3v) is 0.920. The van der Waals surface area contributed by atoms with Crippen LogP contribution in [0.5, 0.6) is 0 Å². The maximum absolute atomic E-state index is 8.28. The molecule has 0 aromatic heterocycles. The molecular formula is C6H6N2. The maximum Gasteiger partial charge on any atom is 0.101 e. The van der Waals surface area contributed by atoms with Crippen molar-refractivity contribution < 1.29 is 0 Å². The monoisotopic (exact) mass is 106 g/mol. The zero-order valence-electron chi connectivity index (χ0n) is 4.39. The van der Waals surface area contributed by atoms with Crippen molar-refractivity contribution >= 4 is 0 Å². The van der Waals surface area contributed by atoms with Gasteiger partial charge in [0.05, 0.1) is 5.57 Å². The van der Waals surface area contributed by atoms with Crippen molar-refractivity contribution in [2.24, 2.45) is 0 Å². The molecule has 1 aliphatic heterocycles. The molecule has 1 N–H and O–H groups in total. The molecular weight excluding hydrogens is 100 g/mol. The summed E-state index contributed by atoms with van der Waals surface area (Å²) in [5, 5.41) is 11.2. The van der Waals surface area contributed by atoms with E-state index in [1.165, 1.54) is 0 Å². The van der Waals surface area contributed by atoms with Gasteiger partial charge in [-0.3, -0.25) is 0 Å². The van der Waals surface area contributed by atoms with Crippen molar-refractivity contribution in [2.75, 3.05) is 6.54 Å². The number of nitriles is 1. The summed E-state index contributed by atoms with van der Waals surface area (Å²) < 4.78 is 0. The molecule has 2 nitrogen and oxygen atoms in total. The van der Waals surface area contributed by atoms with Gasteiger partial charge in [0.25, 0.3) is 0 Å². The van der Waals surface area contributed by atoms with E-state index in [1.807, 2.05) is 12.1 Å². The summed E-state index contributed by atoms with van der Waals surface area (Å²) >= 11 is 0. The molecule has 0 aromatic carbocycles. The number of rotatable bonds is 0. The number of nitrogens with zero attached hydrogens (tertiary/aromatic N) is 1. The first-order valence-electron chi connectivity index (χ1n) is 2.43. The summed E-state index contributed by atoms with van der Waals surface area (Å²) in [6, 6.07) is 2.02. The van der Waals surface area contributed by atoms with Crippen LogP contribution in [-0.4, -0.2) is 6.54 Å². The Hall–Kier alpha value is -1.23. The third-order valence-electron chi connectivity index (χ3n) is 0.920. The van der Waals surface area contributed by atoms with Crippen molar-refractivity contribution in [2.45, 2.75) is 0 Å². The van der Waals surface area contributed by atoms with E-state index in [-0.39, 0.29) is 0 Å². The fraction of sp³-hybridized carbons (Fsp3) is 0.167. The molecule has 0 atom stereocenters. The molecule has 0 unspecified atom stereocenters. The van der Waals surface area contributed by atoms with Crippen LogP contribution >= 0.6 is 0 Å². The molecule has 0 amide bonds.